The molecule has 0 aromatic heterocycles. The lowest BCUT2D eigenvalue weighted by Crippen LogP contribution is -2.08. The minimum absolute atomic E-state index is 0.0413. The van der Waals surface area contributed by atoms with E-state index in [9.17, 15) is 14.9 Å². The summed E-state index contributed by atoms with van der Waals surface area (Å²) in [7, 11) is 3.01. The van der Waals surface area contributed by atoms with Crippen LogP contribution in [0.5, 0.6) is 0 Å². The lowest BCUT2D eigenvalue weighted by Gasteiger charge is -2.05. The molecule has 0 saturated heterocycles. The number of carbonyl (C=O) groups is 1. The average Bonchev–Trinajstić information content (AvgIpc) is 2.26. The van der Waals surface area contributed by atoms with Crippen molar-refractivity contribution in [3.8, 4) is 0 Å². The Morgan fingerprint density at radius 1 is 1.60 bits per heavy atom. The second-order valence-corrected chi connectivity index (χ2v) is 2.91. The second-order valence-electron chi connectivity index (χ2n) is 2.91. The van der Waals surface area contributed by atoms with Gasteiger partial charge in [-0.05, 0) is 12.4 Å². The maximum Gasteiger partial charge on any atom is 0.338 e. The summed E-state index contributed by atoms with van der Waals surface area (Å²) in [4.78, 5) is 21.5. The van der Waals surface area contributed by atoms with E-state index in [0.717, 1.165) is 0 Å². The molecule has 0 bridgehead atoms. The highest BCUT2D eigenvalue weighted by atomic mass is 16.6. The first kappa shape index (κ1) is 11.2. The van der Waals surface area contributed by atoms with Crippen LogP contribution in [-0.2, 0) is 11.1 Å². The maximum absolute atomic E-state index is 11.3. The summed E-state index contributed by atoms with van der Waals surface area (Å²) in [6.07, 6.45) is 0.418. The van der Waals surface area contributed by atoms with Gasteiger partial charge in [0.2, 0.25) is 0 Å². The number of benzene rings is 1. The van der Waals surface area contributed by atoms with Gasteiger partial charge < -0.3 is 4.74 Å². The Labute approximate surface area is 87.6 Å². The topological polar surface area (TPSA) is 69.4 Å². The molecule has 1 aromatic carbocycles. The molecule has 0 fully saturated rings. The maximum atomic E-state index is 11.3. The molecule has 0 aliphatic heterocycles. The predicted molar refractivity (Wildman–Crippen MR) is 56.7 cm³/mol. The van der Waals surface area contributed by atoms with E-state index in [1.54, 1.807) is 7.85 Å². The smallest absolute Gasteiger partial charge is 0.338 e. The highest BCUT2D eigenvalue weighted by Gasteiger charge is 2.19. The third kappa shape index (κ3) is 2.15. The van der Waals surface area contributed by atoms with Crippen molar-refractivity contribution in [2.45, 2.75) is 6.32 Å². The molecule has 0 radical (unpaired) electrons. The van der Waals surface area contributed by atoms with Crippen LogP contribution in [0.15, 0.2) is 18.2 Å². The van der Waals surface area contributed by atoms with Gasteiger partial charge in [0, 0.05) is 11.6 Å². The van der Waals surface area contributed by atoms with Gasteiger partial charge in [-0.25, -0.2) is 4.79 Å². The van der Waals surface area contributed by atoms with Crippen LogP contribution in [0.25, 0.3) is 0 Å². The van der Waals surface area contributed by atoms with Crippen LogP contribution in [-0.4, -0.2) is 25.8 Å². The quantitative estimate of drug-likeness (QED) is 0.313. The van der Waals surface area contributed by atoms with Crippen LogP contribution in [0.3, 0.4) is 0 Å². The Balaban J connectivity index is 3.34. The first-order valence-corrected chi connectivity index (χ1v) is 4.46. The fourth-order valence-electron chi connectivity index (χ4n) is 1.42. The van der Waals surface area contributed by atoms with Gasteiger partial charge in [0.05, 0.1) is 17.6 Å². The largest absolute Gasteiger partial charge is 0.465 e. The van der Waals surface area contributed by atoms with Gasteiger partial charge >= 0.3 is 5.97 Å². The number of ether oxygens (including phenoxy) is 1. The number of methoxy groups -OCH3 is 1. The number of hydrogen-bond acceptors (Lipinski definition) is 4. The Kier molecular flexibility index (Phi) is 3.44. The van der Waals surface area contributed by atoms with Crippen molar-refractivity contribution in [1.82, 2.24) is 0 Å². The molecule has 6 heteroatoms. The van der Waals surface area contributed by atoms with Crippen LogP contribution >= 0.6 is 0 Å². The molecule has 0 spiro atoms. The van der Waals surface area contributed by atoms with Crippen molar-refractivity contribution in [3.05, 3.63) is 39.4 Å². The number of esters is 1. The molecule has 78 valence electrons. The average molecular weight is 207 g/mol. The second kappa shape index (κ2) is 4.59. The van der Waals surface area contributed by atoms with Gasteiger partial charge in [0.15, 0.2) is 0 Å². The molecule has 15 heavy (non-hydrogen) atoms. The zero-order valence-electron chi connectivity index (χ0n) is 8.52. The standard InChI is InChI=1S/C9H10BNO4/c1-15-9(12)6-3-2-4-8(11(13)14)7(6)5-10/h2-4H,5,10H2,1H3. The van der Waals surface area contributed by atoms with Crippen LogP contribution in [0.2, 0.25) is 0 Å². The Hall–Kier alpha value is -1.85. The van der Waals surface area contributed by atoms with E-state index >= 15 is 0 Å². The van der Waals surface area contributed by atoms with Gasteiger partial charge in [-0.3, -0.25) is 10.1 Å². The number of rotatable bonds is 3. The summed E-state index contributed by atoms with van der Waals surface area (Å²) in [5, 5.41) is 10.7. The molecule has 0 saturated carbocycles. The lowest BCUT2D eigenvalue weighted by molar-refractivity contribution is -0.385. The number of nitro groups is 1. The van der Waals surface area contributed by atoms with Crippen molar-refractivity contribution >= 4 is 19.5 Å². The molecular formula is C9H10BNO4. The Morgan fingerprint density at radius 3 is 2.73 bits per heavy atom. The third-order valence-electron chi connectivity index (χ3n) is 2.11. The van der Waals surface area contributed by atoms with Crippen molar-refractivity contribution in [3.63, 3.8) is 0 Å². The highest BCUT2D eigenvalue weighted by molar-refractivity contribution is 6.10. The van der Waals surface area contributed by atoms with E-state index in [0.29, 0.717) is 11.9 Å². The summed E-state index contributed by atoms with van der Waals surface area (Å²) in [5.41, 5.74) is 0.629. The summed E-state index contributed by atoms with van der Waals surface area (Å²) in [5.74, 6) is -0.546. The molecule has 0 amide bonds. The van der Waals surface area contributed by atoms with Gasteiger partial charge in [0.25, 0.3) is 5.69 Å². The van der Waals surface area contributed by atoms with Crippen LogP contribution in [0.1, 0.15) is 15.9 Å². The number of nitro benzene ring substituents is 1. The van der Waals surface area contributed by atoms with Crippen LogP contribution in [0, 0.1) is 10.1 Å². The first-order valence-electron chi connectivity index (χ1n) is 4.46. The number of hydrogen-bond donors (Lipinski definition) is 0. The SMILES string of the molecule is BCc1c(C(=O)OC)cccc1[N+](=O)[O-]. The summed E-state index contributed by atoms with van der Waals surface area (Å²) in [6, 6.07) is 4.38. The zero-order valence-corrected chi connectivity index (χ0v) is 8.52. The van der Waals surface area contributed by atoms with E-state index < -0.39 is 10.9 Å². The van der Waals surface area contributed by atoms with Crippen molar-refractivity contribution in [2.24, 2.45) is 0 Å². The van der Waals surface area contributed by atoms with Gasteiger partial charge in [0.1, 0.15) is 7.85 Å². The summed E-state index contributed by atoms with van der Waals surface area (Å²) < 4.78 is 4.55. The number of nitrogens with zero attached hydrogens (tertiary/aromatic N) is 1. The van der Waals surface area contributed by atoms with Crippen molar-refractivity contribution in [1.29, 1.82) is 0 Å². The fourth-order valence-corrected chi connectivity index (χ4v) is 1.42. The van der Waals surface area contributed by atoms with E-state index in [2.05, 4.69) is 4.74 Å². The molecule has 0 aliphatic carbocycles. The molecule has 0 atom stereocenters. The molecule has 0 unspecified atom stereocenters. The summed E-state index contributed by atoms with van der Waals surface area (Å²) in [6.45, 7) is 0. The highest BCUT2D eigenvalue weighted by Crippen LogP contribution is 2.22. The van der Waals surface area contributed by atoms with Crippen molar-refractivity contribution in [2.75, 3.05) is 7.11 Å². The van der Waals surface area contributed by atoms with Crippen molar-refractivity contribution < 1.29 is 14.5 Å². The molecule has 0 aliphatic rings. The third-order valence-corrected chi connectivity index (χ3v) is 2.11. The Morgan fingerprint density at radius 2 is 2.27 bits per heavy atom. The van der Waals surface area contributed by atoms with E-state index in [1.165, 1.54) is 25.3 Å². The number of carbonyl (C=O) groups excluding carboxylic acids is 1. The normalized spacial score (nSPS) is 9.67. The first-order chi connectivity index (χ1) is 7.11. The molecular weight excluding hydrogens is 197 g/mol. The molecule has 5 nitrogen and oxygen atoms in total. The molecule has 1 aromatic rings. The van der Waals surface area contributed by atoms with Crippen LogP contribution < -0.4 is 0 Å². The summed E-state index contributed by atoms with van der Waals surface area (Å²) >= 11 is 0. The zero-order chi connectivity index (χ0) is 11.4. The van der Waals surface area contributed by atoms with Crippen LogP contribution in [0.4, 0.5) is 5.69 Å². The molecule has 0 heterocycles. The van der Waals surface area contributed by atoms with E-state index in [1.807, 2.05) is 0 Å². The minimum Gasteiger partial charge on any atom is -0.465 e. The minimum atomic E-state index is -0.546. The van der Waals surface area contributed by atoms with Gasteiger partial charge in [-0.15, -0.1) is 0 Å². The fraction of sp³-hybridized carbons (Fsp3) is 0.222. The monoisotopic (exact) mass is 207 g/mol. The van der Waals surface area contributed by atoms with Gasteiger partial charge in [-0.1, -0.05) is 6.07 Å². The lowest BCUT2D eigenvalue weighted by atomic mass is 9.91. The molecule has 1 rings (SSSR count). The Bertz CT molecular complexity index is 405. The van der Waals surface area contributed by atoms with Gasteiger partial charge in [-0.2, -0.15) is 0 Å². The predicted octanol–water partition coefficient (Wildman–Crippen LogP) is 0.514. The van der Waals surface area contributed by atoms with E-state index in [-0.39, 0.29) is 11.3 Å². The molecule has 0 N–H and O–H groups in total. The van der Waals surface area contributed by atoms with E-state index in [4.69, 9.17) is 0 Å².